The zero-order chi connectivity index (χ0) is 24.1. The van der Waals surface area contributed by atoms with Crippen LogP contribution in [0.15, 0.2) is 30.9 Å². The fourth-order valence-corrected chi connectivity index (χ4v) is 4.26. The Bertz CT molecular complexity index is 1140. The smallest absolute Gasteiger partial charge is 0.318 e. The van der Waals surface area contributed by atoms with E-state index < -0.39 is 5.82 Å². The molecule has 182 valence electrons. The van der Waals surface area contributed by atoms with E-state index in [0.29, 0.717) is 42.7 Å². The van der Waals surface area contributed by atoms with Gasteiger partial charge in [0.05, 0.1) is 42.9 Å². The number of amides is 2. The maximum absolute atomic E-state index is 14.9. The molecule has 10 heteroatoms. The predicted octanol–water partition coefficient (Wildman–Crippen LogP) is 3.99. The number of aromatic nitrogens is 4. The third kappa shape index (κ3) is 5.11. The van der Waals surface area contributed by atoms with Crippen molar-refractivity contribution in [1.29, 1.82) is 0 Å². The maximum Gasteiger partial charge on any atom is 0.318 e. The summed E-state index contributed by atoms with van der Waals surface area (Å²) in [6, 6.07) is 0.970. The van der Waals surface area contributed by atoms with Crippen LogP contribution in [0, 0.1) is 5.82 Å². The topological polar surface area (TPSA) is 93.9 Å². The van der Waals surface area contributed by atoms with Crippen molar-refractivity contribution in [1.82, 2.24) is 29.6 Å². The fraction of sp³-hybridized carbons (Fsp3) is 0.500. The van der Waals surface area contributed by atoms with Gasteiger partial charge in [-0.25, -0.2) is 19.2 Å². The average Bonchev–Trinajstić information content (AvgIpc) is 3.30. The number of carbonyl (C=O) groups is 1. The van der Waals surface area contributed by atoms with Gasteiger partial charge in [-0.15, -0.1) is 0 Å². The van der Waals surface area contributed by atoms with E-state index in [1.54, 1.807) is 41.1 Å². The summed E-state index contributed by atoms with van der Waals surface area (Å²) in [6.07, 6.45) is 9.78. The number of nitrogens with zero attached hydrogens (tertiary/aromatic N) is 5. The standard InChI is InChI=1S/C24H31FN6O3/c1-4-31-16(2)20-12-18(19(25)13-27-20)21-14-30-10-9-26-22(30)23(29-21)34-11-7-5-6-8-17(15-33-3)28-24(31)32/h9-10,12-14,16-17H,4-8,11,15H2,1-3H3,(H,28,32)/t16-,17?/m1/s1. The van der Waals surface area contributed by atoms with Crippen molar-refractivity contribution in [3.05, 3.63) is 42.4 Å². The molecular weight excluding hydrogens is 439 g/mol. The molecule has 2 amide bonds. The molecule has 0 fully saturated rings. The Kier molecular flexibility index (Phi) is 7.56. The Balaban J connectivity index is 1.75. The molecule has 3 aromatic rings. The molecule has 1 aliphatic rings. The van der Waals surface area contributed by atoms with Gasteiger partial charge in [-0.05, 0) is 39.2 Å². The summed E-state index contributed by atoms with van der Waals surface area (Å²) in [6.45, 7) is 5.16. The second-order valence-electron chi connectivity index (χ2n) is 8.44. The van der Waals surface area contributed by atoms with Gasteiger partial charge in [0.25, 0.3) is 5.88 Å². The van der Waals surface area contributed by atoms with E-state index in [2.05, 4.69) is 20.3 Å². The van der Waals surface area contributed by atoms with Crippen molar-refractivity contribution in [3.63, 3.8) is 0 Å². The van der Waals surface area contributed by atoms with Gasteiger partial charge in [0.1, 0.15) is 0 Å². The third-order valence-electron chi connectivity index (χ3n) is 6.12. The van der Waals surface area contributed by atoms with Crippen molar-refractivity contribution < 1.29 is 18.7 Å². The number of urea groups is 1. The average molecular weight is 471 g/mol. The molecule has 2 atom stereocenters. The van der Waals surface area contributed by atoms with Crippen LogP contribution in [-0.2, 0) is 4.74 Å². The van der Waals surface area contributed by atoms with Gasteiger partial charge in [0, 0.05) is 37.8 Å². The molecule has 4 heterocycles. The summed E-state index contributed by atoms with van der Waals surface area (Å²) >= 11 is 0. The summed E-state index contributed by atoms with van der Waals surface area (Å²) in [5.74, 6) is -0.138. The Labute approximate surface area is 198 Å². The molecule has 3 aromatic heterocycles. The van der Waals surface area contributed by atoms with Crippen LogP contribution < -0.4 is 10.1 Å². The lowest BCUT2D eigenvalue weighted by Gasteiger charge is -2.30. The first kappa shape index (κ1) is 23.9. The van der Waals surface area contributed by atoms with Gasteiger partial charge < -0.3 is 24.1 Å². The van der Waals surface area contributed by atoms with E-state index >= 15 is 0 Å². The minimum atomic E-state index is -0.501. The van der Waals surface area contributed by atoms with Crippen LogP contribution in [0.2, 0.25) is 0 Å². The lowest BCUT2D eigenvalue weighted by Crippen LogP contribution is -2.47. The molecule has 0 spiro atoms. The second-order valence-corrected chi connectivity index (χ2v) is 8.44. The fourth-order valence-electron chi connectivity index (χ4n) is 4.26. The molecule has 4 bridgehead atoms. The van der Waals surface area contributed by atoms with E-state index in [1.807, 2.05) is 13.8 Å². The summed E-state index contributed by atoms with van der Waals surface area (Å²) in [5, 5.41) is 3.09. The van der Waals surface area contributed by atoms with Crippen LogP contribution in [0.1, 0.15) is 51.3 Å². The molecule has 0 saturated heterocycles. The number of nitrogens with one attached hydrogen (secondary N) is 1. The minimum Gasteiger partial charge on any atom is -0.475 e. The number of hydrogen-bond donors (Lipinski definition) is 1. The number of pyridine rings is 1. The van der Waals surface area contributed by atoms with Gasteiger partial charge in [0.2, 0.25) is 5.65 Å². The maximum atomic E-state index is 14.9. The summed E-state index contributed by atoms with van der Waals surface area (Å²) < 4.78 is 28.0. The van der Waals surface area contributed by atoms with Gasteiger partial charge in [-0.1, -0.05) is 6.42 Å². The largest absolute Gasteiger partial charge is 0.475 e. The van der Waals surface area contributed by atoms with E-state index in [4.69, 9.17) is 9.47 Å². The lowest BCUT2D eigenvalue weighted by molar-refractivity contribution is 0.144. The molecule has 0 aliphatic carbocycles. The van der Waals surface area contributed by atoms with Gasteiger partial charge in [0.15, 0.2) is 5.82 Å². The van der Waals surface area contributed by atoms with Gasteiger partial charge in [-0.2, -0.15) is 0 Å². The number of imidazole rings is 1. The van der Waals surface area contributed by atoms with Crippen LogP contribution in [0.25, 0.3) is 16.9 Å². The quantitative estimate of drug-likeness (QED) is 0.622. The van der Waals surface area contributed by atoms with Crippen LogP contribution in [0.4, 0.5) is 9.18 Å². The number of hydrogen-bond acceptors (Lipinski definition) is 6. The Morgan fingerprint density at radius 3 is 2.94 bits per heavy atom. The van der Waals surface area contributed by atoms with Crippen LogP contribution in [0.3, 0.4) is 0 Å². The normalized spacial score (nSPS) is 20.0. The molecule has 4 rings (SSSR count). The van der Waals surface area contributed by atoms with E-state index in [-0.39, 0.29) is 23.7 Å². The monoisotopic (exact) mass is 470 g/mol. The summed E-state index contributed by atoms with van der Waals surface area (Å²) in [5.41, 5.74) is 1.84. The van der Waals surface area contributed by atoms with E-state index in [0.717, 1.165) is 25.7 Å². The molecule has 0 aromatic carbocycles. The number of fused-ring (bicyclic) bond motifs is 7. The molecule has 1 N–H and O–H groups in total. The number of carbonyl (C=O) groups excluding carboxylic acids is 1. The summed E-state index contributed by atoms with van der Waals surface area (Å²) in [7, 11) is 1.63. The van der Waals surface area contributed by atoms with Crippen molar-refractivity contribution in [3.8, 4) is 17.1 Å². The number of methoxy groups -OCH3 is 1. The van der Waals surface area contributed by atoms with Gasteiger partial charge in [-0.3, -0.25) is 4.98 Å². The first-order chi connectivity index (χ1) is 16.5. The molecule has 34 heavy (non-hydrogen) atoms. The molecule has 1 unspecified atom stereocenters. The second kappa shape index (κ2) is 10.8. The highest BCUT2D eigenvalue weighted by atomic mass is 19.1. The minimum absolute atomic E-state index is 0.103. The zero-order valence-corrected chi connectivity index (χ0v) is 19.8. The van der Waals surface area contributed by atoms with Crippen LogP contribution in [-0.4, -0.2) is 63.2 Å². The predicted molar refractivity (Wildman–Crippen MR) is 125 cm³/mol. The molecule has 0 radical (unpaired) electrons. The summed E-state index contributed by atoms with van der Waals surface area (Å²) in [4.78, 5) is 28.0. The highest BCUT2D eigenvalue weighted by molar-refractivity contribution is 5.75. The van der Waals surface area contributed by atoms with E-state index in [1.165, 1.54) is 6.20 Å². The van der Waals surface area contributed by atoms with Crippen molar-refractivity contribution in [2.24, 2.45) is 0 Å². The Morgan fingerprint density at radius 2 is 2.15 bits per heavy atom. The Hall–Kier alpha value is -3.27. The molecule has 9 nitrogen and oxygen atoms in total. The molecular formula is C24H31FN6O3. The van der Waals surface area contributed by atoms with Crippen molar-refractivity contribution in [2.45, 2.75) is 51.6 Å². The third-order valence-corrected chi connectivity index (χ3v) is 6.12. The first-order valence-electron chi connectivity index (χ1n) is 11.7. The molecule has 1 aliphatic heterocycles. The van der Waals surface area contributed by atoms with E-state index in [9.17, 15) is 9.18 Å². The first-order valence-corrected chi connectivity index (χ1v) is 11.7. The number of ether oxygens (including phenoxy) is 2. The molecule has 0 saturated carbocycles. The van der Waals surface area contributed by atoms with Crippen LogP contribution >= 0.6 is 0 Å². The van der Waals surface area contributed by atoms with Crippen molar-refractivity contribution in [2.75, 3.05) is 26.9 Å². The number of rotatable bonds is 3. The van der Waals surface area contributed by atoms with Crippen molar-refractivity contribution >= 4 is 11.7 Å². The van der Waals surface area contributed by atoms with Gasteiger partial charge >= 0.3 is 6.03 Å². The van der Waals surface area contributed by atoms with Crippen LogP contribution in [0.5, 0.6) is 5.88 Å². The zero-order valence-electron chi connectivity index (χ0n) is 19.8. The SMILES string of the molecule is CCN1C(=O)NC(COC)CCCCCOc2nc(cn3ccnc23)-c2cc(ncc2F)[C@H]1C. The Morgan fingerprint density at radius 1 is 1.29 bits per heavy atom. The number of halogens is 1. The highest BCUT2D eigenvalue weighted by Crippen LogP contribution is 2.29. The lowest BCUT2D eigenvalue weighted by atomic mass is 10.1. The highest BCUT2D eigenvalue weighted by Gasteiger charge is 2.25.